The van der Waals surface area contributed by atoms with Crippen molar-refractivity contribution in [3.63, 3.8) is 0 Å². The zero-order valence-electron chi connectivity index (χ0n) is 54.9. The van der Waals surface area contributed by atoms with Crippen LogP contribution in [0, 0.1) is 0 Å². The van der Waals surface area contributed by atoms with Gasteiger partial charge in [-0.2, -0.15) is 0 Å². The third-order valence-corrected chi connectivity index (χ3v) is 9.56. The molecule has 0 atom stereocenters. The SMILES string of the molecule is [2H]c1c([2H])c([2H])c2c(c1[2H])-c1c(-c3c4c([2H])c([2H])c([2H])c([2H])c4c(-c4c([2H])c([2H])c(-c5c([2H])c([2H])c([2H])c6oc7c8c([2H])c([2H])c([2H])c([2H])c8c([2H])c([2H])c7c56)c([2H])c4[2H])c4c([2H])c([2H])c([2H])c([2H])c34)c([2H])c([2H])c([2H])c1C2(C)C. The fourth-order valence-corrected chi connectivity index (χ4v) is 7.25. The van der Waals surface area contributed by atoms with Crippen molar-refractivity contribution in [1.29, 1.82) is 0 Å². The van der Waals surface area contributed by atoms with E-state index in [-0.39, 0.29) is 22.3 Å². The van der Waals surface area contributed by atoms with E-state index < -0.39 is 262 Å². The summed E-state index contributed by atoms with van der Waals surface area (Å²) in [6.45, 7) is 3.01. The van der Waals surface area contributed by atoms with Crippen molar-refractivity contribution < 1.29 is 42.8 Å². The number of hydrogen-bond acceptors (Lipinski definition) is 1. The lowest BCUT2D eigenvalue weighted by atomic mass is 9.80. The highest BCUT2D eigenvalue weighted by atomic mass is 16.3. The normalized spacial score (nSPS) is 20.9. The van der Waals surface area contributed by atoms with Gasteiger partial charge in [0.05, 0.1) is 38.4 Å². The maximum absolute atomic E-state index is 9.80. The number of fused-ring (bicyclic) bond motifs is 10. The first kappa shape index (κ1) is 13.0. The monoisotopic (exact) mass is 690 g/mol. The Bertz CT molecular complexity index is 4600. The van der Waals surface area contributed by atoms with Crippen LogP contribution < -0.4 is 0 Å². The first-order valence-corrected chi connectivity index (χ1v) is 15.9. The van der Waals surface area contributed by atoms with Crippen LogP contribution in [-0.2, 0) is 5.41 Å². The number of rotatable bonds is 3. The van der Waals surface area contributed by atoms with Crippen LogP contribution in [0.4, 0.5) is 0 Å². The molecule has 244 valence electrons. The van der Waals surface area contributed by atoms with Gasteiger partial charge in [0.25, 0.3) is 0 Å². The molecule has 1 heteroatoms. The van der Waals surface area contributed by atoms with Crippen molar-refractivity contribution in [1.82, 2.24) is 0 Å². The molecule has 9 aromatic carbocycles. The van der Waals surface area contributed by atoms with Crippen molar-refractivity contribution in [3.05, 3.63) is 180 Å². The van der Waals surface area contributed by atoms with E-state index in [9.17, 15) is 17.8 Å². The third-order valence-electron chi connectivity index (χ3n) is 9.56. The van der Waals surface area contributed by atoms with E-state index >= 15 is 0 Å². The smallest absolute Gasteiger partial charge is 0.143 e. The quantitative estimate of drug-likeness (QED) is 0.168. The van der Waals surface area contributed by atoms with E-state index in [1.165, 1.54) is 13.8 Å². The first-order valence-electron chi connectivity index (χ1n) is 29.9. The largest absolute Gasteiger partial charge is 0.455 e. The van der Waals surface area contributed by atoms with E-state index in [2.05, 4.69) is 0 Å². The molecule has 0 unspecified atom stereocenters. The molecule has 0 spiro atoms. The second-order valence-corrected chi connectivity index (χ2v) is 12.6. The molecule has 0 saturated carbocycles. The van der Waals surface area contributed by atoms with Crippen LogP contribution in [0.5, 0.6) is 0 Å². The van der Waals surface area contributed by atoms with Crippen molar-refractivity contribution in [3.8, 4) is 44.5 Å². The van der Waals surface area contributed by atoms with Crippen LogP contribution >= 0.6 is 0 Å². The summed E-state index contributed by atoms with van der Waals surface area (Å²) in [5, 5.41) is -4.60. The summed E-state index contributed by atoms with van der Waals surface area (Å²) in [4.78, 5) is 0. The fraction of sp³-hybridized carbons (Fsp3) is 0.0588. The fourth-order valence-electron chi connectivity index (χ4n) is 7.25. The average molecular weight is 691 g/mol. The minimum atomic E-state index is -1.56. The average Bonchev–Trinajstić information content (AvgIpc) is 3.09. The Morgan fingerprint density at radius 1 is 0.404 bits per heavy atom. The Labute approximate surface area is 341 Å². The van der Waals surface area contributed by atoms with Gasteiger partial charge in [-0.15, -0.1) is 0 Å². The molecule has 1 heterocycles. The Kier molecular flexibility index (Phi) is 2.69. The van der Waals surface area contributed by atoms with Gasteiger partial charge >= 0.3 is 0 Å². The van der Waals surface area contributed by atoms with Gasteiger partial charge < -0.3 is 4.42 Å². The summed E-state index contributed by atoms with van der Waals surface area (Å²) < 4.78 is 262. The molecule has 1 aromatic heterocycles. The molecule has 0 aliphatic heterocycles. The Balaban J connectivity index is 1.37. The van der Waals surface area contributed by atoms with E-state index in [1.807, 2.05) is 0 Å². The molecular formula is C51H34O. The highest BCUT2D eigenvalue weighted by Crippen LogP contribution is 2.54. The van der Waals surface area contributed by atoms with Gasteiger partial charge in [-0.1, -0.05) is 171 Å². The van der Waals surface area contributed by atoms with Gasteiger partial charge in [-0.25, -0.2) is 0 Å². The highest BCUT2D eigenvalue weighted by molar-refractivity contribution is 6.23. The minimum absolute atomic E-state index is 0.0808. The molecule has 1 aliphatic rings. The molecule has 0 fully saturated rings. The van der Waals surface area contributed by atoms with Crippen molar-refractivity contribution in [2.75, 3.05) is 0 Å². The summed E-state index contributed by atoms with van der Waals surface area (Å²) in [5.41, 5.74) is -7.65. The lowest BCUT2D eigenvalue weighted by Gasteiger charge is -2.22. The number of furan rings is 1. The number of hydrogen-bond donors (Lipinski definition) is 0. The van der Waals surface area contributed by atoms with Crippen molar-refractivity contribution >= 4 is 54.3 Å². The molecule has 10 aromatic rings. The number of benzene rings is 9. The van der Waals surface area contributed by atoms with E-state index in [0.29, 0.717) is 0 Å². The van der Waals surface area contributed by atoms with Crippen LogP contribution in [-0.4, -0.2) is 0 Å². The summed E-state index contributed by atoms with van der Waals surface area (Å²) in [6.07, 6.45) is 0. The van der Waals surface area contributed by atoms with Gasteiger partial charge in [-0.3, -0.25) is 0 Å². The van der Waals surface area contributed by atoms with Gasteiger partial charge in [0, 0.05) is 21.6 Å². The summed E-state index contributed by atoms with van der Waals surface area (Å²) in [5.74, 6) is 0. The first-order chi connectivity index (χ1) is 37.2. The second kappa shape index (κ2) is 10.8. The Hall–Kier alpha value is -6.44. The molecule has 1 nitrogen and oxygen atoms in total. The molecule has 0 amide bonds. The topological polar surface area (TPSA) is 13.1 Å². The van der Waals surface area contributed by atoms with E-state index in [4.69, 9.17) is 25.0 Å². The molecule has 0 saturated heterocycles. The van der Waals surface area contributed by atoms with E-state index in [0.717, 1.165) is 0 Å². The van der Waals surface area contributed by atoms with Crippen LogP contribution in [0.2, 0.25) is 0 Å². The van der Waals surface area contributed by atoms with Crippen molar-refractivity contribution in [2.45, 2.75) is 19.3 Å². The Morgan fingerprint density at radius 3 is 1.71 bits per heavy atom. The molecule has 52 heavy (non-hydrogen) atoms. The Morgan fingerprint density at radius 2 is 0.962 bits per heavy atom. The van der Waals surface area contributed by atoms with Gasteiger partial charge in [0.1, 0.15) is 11.2 Å². The maximum Gasteiger partial charge on any atom is 0.143 e. The molecular weight excluding hydrogens is 629 g/mol. The predicted octanol–water partition coefficient (Wildman–Crippen LogP) is 14.4. The molecule has 11 rings (SSSR count). The molecule has 0 N–H and O–H groups in total. The minimum Gasteiger partial charge on any atom is -0.455 e. The molecule has 0 bridgehead atoms. The lowest BCUT2D eigenvalue weighted by molar-refractivity contribution is 0.660. The van der Waals surface area contributed by atoms with Gasteiger partial charge in [0.15, 0.2) is 0 Å². The highest BCUT2D eigenvalue weighted by Gasteiger charge is 2.37. The van der Waals surface area contributed by atoms with Gasteiger partial charge in [0.2, 0.25) is 0 Å². The van der Waals surface area contributed by atoms with Crippen LogP contribution in [0.3, 0.4) is 0 Å². The standard InChI is InChI=1S/C51H34O/c1-51(2)43-22-10-9-19-40(43)48-41(21-11-23-44(48)51)47-38-17-7-5-15-36(38)46(37-16-6-8-18-39(37)47)33-27-25-32(26-28-33)34-20-12-24-45-49(34)42-30-29-31-13-3-4-14-35(31)50(42)52-45/h3-30H,1-2H3/i3D,4D,5D,6D,7D,8D,9D,10D,11D,12D,13D,14D,15D,16D,17D,18D,19D,20D,21D,22D,23D,24D,25D,26D,27D,28D,29D,30D. The predicted molar refractivity (Wildman–Crippen MR) is 220 cm³/mol. The maximum atomic E-state index is 9.80. The summed E-state index contributed by atoms with van der Waals surface area (Å²) >= 11 is 0. The zero-order valence-corrected chi connectivity index (χ0v) is 26.9. The second-order valence-electron chi connectivity index (χ2n) is 12.6. The van der Waals surface area contributed by atoms with Gasteiger partial charge in [-0.05, 0) is 94.7 Å². The summed E-state index contributed by atoms with van der Waals surface area (Å²) in [6, 6.07) is -24.1. The molecule has 0 radical (unpaired) electrons. The van der Waals surface area contributed by atoms with Crippen LogP contribution in [0.25, 0.3) is 98.8 Å². The third kappa shape index (κ3) is 3.99. The molecule has 1 aliphatic carbocycles. The van der Waals surface area contributed by atoms with Crippen molar-refractivity contribution in [2.24, 2.45) is 0 Å². The van der Waals surface area contributed by atoms with Crippen LogP contribution in [0.15, 0.2) is 174 Å². The lowest BCUT2D eigenvalue weighted by Crippen LogP contribution is -2.14. The zero-order chi connectivity index (χ0) is 58.9. The summed E-state index contributed by atoms with van der Waals surface area (Å²) in [7, 11) is 0. The van der Waals surface area contributed by atoms with Crippen LogP contribution in [0.1, 0.15) is 63.4 Å². The van der Waals surface area contributed by atoms with E-state index in [1.54, 1.807) is 0 Å².